The average Bonchev–Trinajstić information content (AvgIpc) is 2.67. The van der Waals surface area contributed by atoms with Crippen molar-refractivity contribution in [3.63, 3.8) is 0 Å². The molecule has 0 amide bonds. The van der Waals surface area contributed by atoms with E-state index in [1.165, 1.54) is 11.1 Å². The lowest BCUT2D eigenvalue weighted by atomic mass is 10.1. The molecular formula is C23H23BrINO2. The van der Waals surface area contributed by atoms with Gasteiger partial charge in [-0.3, -0.25) is 0 Å². The Bertz CT molecular complexity index is 958. The number of aryl methyl sites for hydroxylation is 2. The van der Waals surface area contributed by atoms with Crippen molar-refractivity contribution in [3.8, 4) is 11.5 Å². The van der Waals surface area contributed by atoms with E-state index in [-0.39, 0.29) is 0 Å². The Morgan fingerprint density at radius 2 is 1.71 bits per heavy atom. The fraction of sp³-hybridized carbons (Fsp3) is 0.217. The van der Waals surface area contributed by atoms with Crippen molar-refractivity contribution in [2.45, 2.75) is 27.0 Å². The van der Waals surface area contributed by atoms with Gasteiger partial charge in [-0.1, -0.05) is 45.8 Å². The maximum absolute atomic E-state index is 6.07. The maximum atomic E-state index is 6.07. The first-order valence-electron chi connectivity index (χ1n) is 9.01. The molecule has 0 heterocycles. The van der Waals surface area contributed by atoms with Crippen molar-refractivity contribution in [2.24, 2.45) is 0 Å². The van der Waals surface area contributed by atoms with Gasteiger partial charge < -0.3 is 14.8 Å². The first-order chi connectivity index (χ1) is 13.5. The van der Waals surface area contributed by atoms with E-state index >= 15 is 0 Å². The van der Waals surface area contributed by atoms with Gasteiger partial charge in [-0.05, 0) is 83.5 Å². The second-order valence-corrected chi connectivity index (χ2v) is 8.77. The third-order valence-electron chi connectivity index (χ3n) is 4.45. The smallest absolute Gasteiger partial charge is 0.174 e. The van der Waals surface area contributed by atoms with E-state index in [0.717, 1.165) is 42.9 Å². The van der Waals surface area contributed by atoms with Crippen molar-refractivity contribution in [3.05, 3.63) is 84.9 Å². The summed E-state index contributed by atoms with van der Waals surface area (Å²) in [4.78, 5) is 0. The Morgan fingerprint density at radius 3 is 2.39 bits per heavy atom. The zero-order chi connectivity index (χ0) is 20.1. The molecule has 0 spiro atoms. The molecular weight excluding hydrogens is 529 g/mol. The Balaban J connectivity index is 1.72. The molecule has 3 rings (SSSR count). The second kappa shape index (κ2) is 9.65. The van der Waals surface area contributed by atoms with Crippen LogP contribution in [-0.4, -0.2) is 7.11 Å². The molecule has 146 valence electrons. The Labute approximate surface area is 188 Å². The number of rotatable bonds is 7. The fourth-order valence-corrected chi connectivity index (χ4v) is 4.05. The highest BCUT2D eigenvalue weighted by Gasteiger charge is 2.12. The van der Waals surface area contributed by atoms with E-state index < -0.39 is 0 Å². The lowest BCUT2D eigenvalue weighted by Gasteiger charge is -2.16. The molecule has 5 heteroatoms. The van der Waals surface area contributed by atoms with Crippen LogP contribution in [0.25, 0.3) is 0 Å². The van der Waals surface area contributed by atoms with Gasteiger partial charge in [0, 0.05) is 16.7 Å². The van der Waals surface area contributed by atoms with Gasteiger partial charge in [0.15, 0.2) is 11.5 Å². The Morgan fingerprint density at radius 1 is 0.964 bits per heavy atom. The summed E-state index contributed by atoms with van der Waals surface area (Å²) in [6.07, 6.45) is 0. The van der Waals surface area contributed by atoms with Gasteiger partial charge in [0.1, 0.15) is 6.61 Å². The number of ether oxygens (including phenoxy) is 2. The number of methoxy groups -OCH3 is 1. The predicted molar refractivity (Wildman–Crippen MR) is 127 cm³/mol. The number of nitrogens with one attached hydrogen (secondary N) is 1. The summed E-state index contributed by atoms with van der Waals surface area (Å²) in [5, 5.41) is 3.51. The van der Waals surface area contributed by atoms with Crippen molar-refractivity contribution >= 4 is 44.2 Å². The fourth-order valence-electron chi connectivity index (χ4n) is 2.96. The Kier molecular flexibility index (Phi) is 7.24. The lowest BCUT2D eigenvalue weighted by molar-refractivity contribution is 0.282. The van der Waals surface area contributed by atoms with Crippen molar-refractivity contribution < 1.29 is 9.47 Å². The first kappa shape index (κ1) is 21.0. The zero-order valence-corrected chi connectivity index (χ0v) is 19.9. The summed E-state index contributed by atoms with van der Waals surface area (Å²) >= 11 is 5.76. The quantitative estimate of drug-likeness (QED) is 0.325. The summed E-state index contributed by atoms with van der Waals surface area (Å²) < 4.78 is 13.8. The third kappa shape index (κ3) is 5.41. The minimum Gasteiger partial charge on any atom is -0.493 e. The molecule has 3 aromatic carbocycles. The van der Waals surface area contributed by atoms with Gasteiger partial charge in [0.05, 0.1) is 10.7 Å². The van der Waals surface area contributed by atoms with E-state index in [1.807, 2.05) is 30.3 Å². The van der Waals surface area contributed by atoms with E-state index in [0.29, 0.717) is 6.61 Å². The van der Waals surface area contributed by atoms with Crippen LogP contribution in [0.3, 0.4) is 0 Å². The minimum absolute atomic E-state index is 0.500. The molecule has 3 nitrogen and oxygen atoms in total. The molecule has 0 saturated carbocycles. The van der Waals surface area contributed by atoms with E-state index in [1.54, 1.807) is 7.11 Å². The van der Waals surface area contributed by atoms with Crippen LogP contribution in [0.4, 0.5) is 5.69 Å². The molecule has 0 atom stereocenters. The van der Waals surface area contributed by atoms with Gasteiger partial charge in [0.2, 0.25) is 0 Å². The second-order valence-electron chi connectivity index (χ2n) is 6.70. The number of hydrogen-bond donors (Lipinski definition) is 1. The highest BCUT2D eigenvalue weighted by atomic mass is 127. The highest BCUT2D eigenvalue weighted by molar-refractivity contribution is 14.1. The molecule has 0 aliphatic carbocycles. The average molecular weight is 552 g/mol. The summed E-state index contributed by atoms with van der Waals surface area (Å²) in [7, 11) is 1.68. The molecule has 0 aromatic heterocycles. The van der Waals surface area contributed by atoms with Crippen LogP contribution < -0.4 is 14.8 Å². The predicted octanol–water partition coefficient (Wildman–Crippen LogP) is 6.87. The van der Waals surface area contributed by atoms with Gasteiger partial charge in [-0.15, -0.1) is 0 Å². The van der Waals surface area contributed by atoms with Crippen LogP contribution in [-0.2, 0) is 13.2 Å². The van der Waals surface area contributed by atoms with Crippen molar-refractivity contribution in [1.29, 1.82) is 0 Å². The summed E-state index contributed by atoms with van der Waals surface area (Å²) in [5.74, 6) is 1.53. The third-order valence-corrected chi connectivity index (χ3v) is 5.78. The van der Waals surface area contributed by atoms with Crippen LogP contribution in [0.5, 0.6) is 11.5 Å². The highest BCUT2D eigenvalue weighted by Crippen LogP contribution is 2.35. The molecule has 0 aliphatic heterocycles. The molecule has 1 N–H and O–H groups in total. The lowest BCUT2D eigenvalue weighted by Crippen LogP contribution is -2.04. The van der Waals surface area contributed by atoms with Crippen LogP contribution in [0.2, 0.25) is 0 Å². The Hall–Kier alpha value is -1.73. The van der Waals surface area contributed by atoms with Gasteiger partial charge in [-0.2, -0.15) is 0 Å². The molecule has 3 aromatic rings. The summed E-state index contributed by atoms with van der Waals surface area (Å²) in [5.41, 5.74) is 5.93. The van der Waals surface area contributed by atoms with E-state index in [2.05, 4.69) is 82.0 Å². The number of benzene rings is 3. The molecule has 28 heavy (non-hydrogen) atoms. The molecule has 0 aliphatic rings. The molecule has 0 bridgehead atoms. The van der Waals surface area contributed by atoms with Gasteiger partial charge in [0.25, 0.3) is 0 Å². The minimum atomic E-state index is 0.500. The summed E-state index contributed by atoms with van der Waals surface area (Å²) in [6, 6.07) is 18.7. The number of hydrogen-bond acceptors (Lipinski definition) is 3. The first-order valence-corrected chi connectivity index (χ1v) is 10.9. The largest absolute Gasteiger partial charge is 0.493 e. The zero-order valence-electron chi connectivity index (χ0n) is 16.2. The number of halogens is 2. The number of anilines is 1. The normalized spacial score (nSPS) is 10.6. The SMILES string of the molecule is COc1cc(CNc2ccc(C)cc2C)cc(I)c1OCc1ccc(Br)cc1. The van der Waals surface area contributed by atoms with Crippen molar-refractivity contribution in [1.82, 2.24) is 0 Å². The van der Waals surface area contributed by atoms with Crippen LogP contribution in [0, 0.1) is 17.4 Å². The van der Waals surface area contributed by atoms with Gasteiger partial charge >= 0.3 is 0 Å². The standard InChI is InChI=1S/C23H23BrINO2/c1-15-4-9-21(16(2)10-15)26-13-18-11-20(25)23(22(12-18)27-3)28-14-17-5-7-19(24)8-6-17/h4-12,26H,13-14H2,1-3H3. The molecule has 0 fully saturated rings. The van der Waals surface area contributed by atoms with Crippen LogP contribution >= 0.6 is 38.5 Å². The van der Waals surface area contributed by atoms with Crippen LogP contribution in [0.15, 0.2) is 59.1 Å². The maximum Gasteiger partial charge on any atom is 0.174 e. The van der Waals surface area contributed by atoms with E-state index in [4.69, 9.17) is 9.47 Å². The molecule has 0 radical (unpaired) electrons. The van der Waals surface area contributed by atoms with E-state index in [9.17, 15) is 0 Å². The topological polar surface area (TPSA) is 30.5 Å². The van der Waals surface area contributed by atoms with Gasteiger partial charge in [-0.25, -0.2) is 0 Å². The molecule has 0 saturated heterocycles. The summed E-state index contributed by atoms with van der Waals surface area (Å²) in [6.45, 7) is 5.46. The molecule has 0 unspecified atom stereocenters. The van der Waals surface area contributed by atoms with Crippen molar-refractivity contribution in [2.75, 3.05) is 12.4 Å². The monoisotopic (exact) mass is 551 g/mol. The van der Waals surface area contributed by atoms with Crippen LogP contribution in [0.1, 0.15) is 22.3 Å².